The molecule has 4 rings (SSSR count). The summed E-state index contributed by atoms with van der Waals surface area (Å²) in [4.78, 5) is 14.5. The highest BCUT2D eigenvalue weighted by Gasteiger charge is 2.24. The highest BCUT2D eigenvalue weighted by Crippen LogP contribution is 2.21. The Labute approximate surface area is 152 Å². The molecule has 1 N–H and O–H groups in total. The third-order valence-corrected chi connectivity index (χ3v) is 4.84. The smallest absolute Gasteiger partial charge is 0.253 e. The third kappa shape index (κ3) is 3.24. The van der Waals surface area contributed by atoms with E-state index in [4.69, 9.17) is 0 Å². The maximum absolute atomic E-state index is 12.6. The number of anilines is 1. The fourth-order valence-electron chi connectivity index (χ4n) is 3.37. The van der Waals surface area contributed by atoms with Gasteiger partial charge in [-0.05, 0) is 37.5 Å². The molecule has 3 aromatic rings. The number of hydrogen-bond donors (Lipinski definition) is 1. The second-order valence-corrected chi connectivity index (χ2v) is 6.58. The molecular weight excluding hydrogens is 328 g/mol. The summed E-state index contributed by atoms with van der Waals surface area (Å²) in [6.45, 7) is 3.58. The van der Waals surface area contributed by atoms with Gasteiger partial charge in [0, 0.05) is 24.7 Å². The molecule has 0 unspecified atom stereocenters. The average molecular weight is 350 g/mol. The molecule has 0 aliphatic carbocycles. The first-order valence-electron chi connectivity index (χ1n) is 9.05. The second-order valence-electron chi connectivity index (χ2n) is 6.58. The van der Waals surface area contributed by atoms with Gasteiger partial charge in [0.15, 0.2) is 0 Å². The van der Waals surface area contributed by atoms with E-state index in [0.29, 0.717) is 6.04 Å². The first-order chi connectivity index (χ1) is 12.7. The van der Waals surface area contributed by atoms with Gasteiger partial charge in [0.05, 0.1) is 11.4 Å². The second kappa shape index (κ2) is 7.11. The van der Waals surface area contributed by atoms with E-state index < -0.39 is 0 Å². The predicted octanol–water partition coefficient (Wildman–Crippen LogP) is 2.40. The Balaban J connectivity index is 1.43. The van der Waals surface area contributed by atoms with Crippen molar-refractivity contribution in [2.45, 2.75) is 32.2 Å². The summed E-state index contributed by atoms with van der Waals surface area (Å²) in [5.74, 6) is 0.112. The lowest BCUT2D eigenvalue weighted by Crippen LogP contribution is -2.42. The highest BCUT2D eigenvalue weighted by atomic mass is 16.2. The van der Waals surface area contributed by atoms with E-state index in [1.54, 1.807) is 10.8 Å². The highest BCUT2D eigenvalue weighted by molar-refractivity contribution is 5.94. The summed E-state index contributed by atoms with van der Waals surface area (Å²) >= 11 is 0. The van der Waals surface area contributed by atoms with E-state index in [9.17, 15) is 4.79 Å². The topological polar surface area (TPSA) is 75.4 Å². The molecule has 134 valence electrons. The van der Waals surface area contributed by atoms with Gasteiger partial charge in [-0.15, -0.1) is 10.2 Å². The third-order valence-electron chi connectivity index (χ3n) is 4.84. The molecule has 0 atom stereocenters. The molecular formula is C19H22N6O. The summed E-state index contributed by atoms with van der Waals surface area (Å²) in [7, 11) is 0. The Bertz CT molecular complexity index is 899. The quantitative estimate of drug-likeness (QED) is 0.782. The molecule has 0 saturated carbocycles. The standard InChI is InChI=1S/C19H22N6O/c1-2-15-12-17(18-22-20-13-25(18)23-15)21-16-8-10-24(11-9-16)19(26)14-6-4-3-5-7-14/h3-7,12-13,16,21H,2,8-11H2,1H3. The number of carbonyl (C=O) groups excluding carboxylic acids is 1. The van der Waals surface area contributed by atoms with Crippen LogP contribution in [0.25, 0.3) is 5.65 Å². The number of fused-ring (bicyclic) bond motifs is 1. The number of likely N-dealkylation sites (tertiary alicyclic amines) is 1. The Kier molecular flexibility index (Phi) is 4.51. The van der Waals surface area contributed by atoms with Crippen LogP contribution in [-0.4, -0.2) is 49.7 Å². The van der Waals surface area contributed by atoms with E-state index in [1.165, 1.54) is 0 Å². The molecule has 1 aromatic carbocycles. The molecule has 1 fully saturated rings. The molecule has 1 amide bonds. The molecule has 3 heterocycles. The van der Waals surface area contributed by atoms with Gasteiger partial charge in [0.1, 0.15) is 6.33 Å². The Morgan fingerprint density at radius 3 is 2.73 bits per heavy atom. The Morgan fingerprint density at radius 2 is 2.00 bits per heavy atom. The minimum atomic E-state index is 0.112. The van der Waals surface area contributed by atoms with Crippen LogP contribution in [-0.2, 0) is 6.42 Å². The van der Waals surface area contributed by atoms with E-state index in [1.807, 2.05) is 41.3 Å². The maximum Gasteiger partial charge on any atom is 0.253 e. The minimum absolute atomic E-state index is 0.112. The zero-order valence-electron chi connectivity index (χ0n) is 14.8. The van der Waals surface area contributed by atoms with Gasteiger partial charge in [-0.2, -0.15) is 9.61 Å². The molecule has 1 saturated heterocycles. The van der Waals surface area contributed by atoms with Crippen LogP contribution in [0.1, 0.15) is 35.8 Å². The van der Waals surface area contributed by atoms with Crippen molar-refractivity contribution in [3.05, 3.63) is 54.0 Å². The van der Waals surface area contributed by atoms with Gasteiger partial charge in [-0.25, -0.2) is 0 Å². The summed E-state index contributed by atoms with van der Waals surface area (Å²) in [6, 6.07) is 11.8. The lowest BCUT2D eigenvalue weighted by atomic mass is 10.0. The number of hydrogen-bond acceptors (Lipinski definition) is 5. The van der Waals surface area contributed by atoms with Crippen molar-refractivity contribution in [1.82, 2.24) is 24.7 Å². The molecule has 26 heavy (non-hydrogen) atoms. The lowest BCUT2D eigenvalue weighted by molar-refractivity contribution is 0.0718. The van der Waals surface area contributed by atoms with Crippen LogP contribution in [0, 0.1) is 0 Å². The summed E-state index contributed by atoms with van der Waals surface area (Å²) in [5, 5.41) is 16.2. The maximum atomic E-state index is 12.6. The number of benzene rings is 1. The Hall–Kier alpha value is -2.96. The molecule has 1 aliphatic heterocycles. The zero-order chi connectivity index (χ0) is 17.9. The fourth-order valence-corrected chi connectivity index (χ4v) is 3.37. The largest absolute Gasteiger partial charge is 0.379 e. The average Bonchev–Trinajstić information content (AvgIpc) is 3.17. The van der Waals surface area contributed by atoms with Crippen LogP contribution in [0.4, 0.5) is 5.69 Å². The van der Waals surface area contributed by atoms with E-state index >= 15 is 0 Å². The molecule has 2 aromatic heterocycles. The number of aromatic nitrogens is 4. The van der Waals surface area contributed by atoms with E-state index in [2.05, 4.69) is 27.5 Å². The van der Waals surface area contributed by atoms with Crippen LogP contribution in [0.2, 0.25) is 0 Å². The van der Waals surface area contributed by atoms with E-state index in [-0.39, 0.29) is 5.91 Å². The van der Waals surface area contributed by atoms with Crippen molar-refractivity contribution >= 4 is 17.2 Å². The zero-order valence-corrected chi connectivity index (χ0v) is 14.8. The van der Waals surface area contributed by atoms with Crippen LogP contribution in [0.3, 0.4) is 0 Å². The molecule has 1 aliphatic rings. The fraction of sp³-hybridized carbons (Fsp3) is 0.368. The van der Waals surface area contributed by atoms with Crippen LogP contribution >= 0.6 is 0 Å². The van der Waals surface area contributed by atoms with Crippen molar-refractivity contribution in [2.24, 2.45) is 0 Å². The van der Waals surface area contributed by atoms with Crippen molar-refractivity contribution < 1.29 is 4.79 Å². The number of rotatable bonds is 4. The number of nitrogens with zero attached hydrogens (tertiary/aromatic N) is 5. The van der Waals surface area contributed by atoms with Gasteiger partial charge < -0.3 is 10.2 Å². The van der Waals surface area contributed by atoms with Gasteiger partial charge in [0.2, 0.25) is 5.65 Å². The van der Waals surface area contributed by atoms with Gasteiger partial charge in [-0.1, -0.05) is 25.1 Å². The monoisotopic (exact) mass is 350 g/mol. The number of carbonyl (C=O) groups is 1. The predicted molar refractivity (Wildman–Crippen MR) is 99.2 cm³/mol. The Morgan fingerprint density at radius 1 is 1.23 bits per heavy atom. The molecule has 0 bridgehead atoms. The van der Waals surface area contributed by atoms with Crippen molar-refractivity contribution in [2.75, 3.05) is 18.4 Å². The number of aryl methyl sites for hydroxylation is 1. The summed E-state index contributed by atoms with van der Waals surface area (Å²) in [5.41, 5.74) is 3.45. The number of piperidine rings is 1. The first-order valence-corrected chi connectivity index (χ1v) is 9.05. The van der Waals surface area contributed by atoms with Gasteiger partial charge in [0.25, 0.3) is 5.91 Å². The molecule has 7 nitrogen and oxygen atoms in total. The normalized spacial score (nSPS) is 15.3. The van der Waals surface area contributed by atoms with Crippen molar-refractivity contribution in [3.8, 4) is 0 Å². The lowest BCUT2D eigenvalue weighted by Gasteiger charge is -2.33. The van der Waals surface area contributed by atoms with Crippen LogP contribution in [0.5, 0.6) is 0 Å². The van der Waals surface area contributed by atoms with Crippen LogP contribution in [0.15, 0.2) is 42.7 Å². The van der Waals surface area contributed by atoms with Crippen molar-refractivity contribution in [1.29, 1.82) is 0 Å². The summed E-state index contributed by atoms with van der Waals surface area (Å²) in [6.07, 6.45) is 4.29. The number of amides is 1. The van der Waals surface area contributed by atoms with Gasteiger partial charge in [-0.3, -0.25) is 4.79 Å². The van der Waals surface area contributed by atoms with Crippen molar-refractivity contribution in [3.63, 3.8) is 0 Å². The van der Waals surface area contributed by atoms with E-state index in [0.717, 1.165) is 54.9 Å². The summed E-state index contributed by atoms with van der Waals surface area (Å²) < 4.78 is 1.72. The SMILES string of the molecule is CCc1cc(NC2CCN(C(=O)c3ccccc3)CC2)c2nncn2n1. The van der Waals surface area contributed by atoms with Gasteiger partial charge >= 0.3 is 0 Å². The first kappa shape index (κ1) is 16.5. The number of nitrogens with one attached hydrogen (secondary N) is 1. The molecule has 7 heteroatoms. The minimum Gasteiger partial charge on any atom is -0.379 e. The van der Waals surface area contributed by atoms with Crippen LogP contribution < -0.4 is 5.32 Å². The molecule has 0 radical (unpaired) electrons. The molecule has 0 spiro atoms.